The molecular weight excluding hydrogens is 216 g/mol. The average molecular weight is 236 g/mol. The molecule has 0 spiro atoms. The monoisotopic (exact) mass is 236 g/mol. The Morgan fingerprint density at radius 2 is 1.88 bits per heavy atom. The van der Waals surface area contributed by atoms with Gasteiger partial charge in [-0.05, 0) is 38.0 Å². The number of ether oxygens (including phenoxy) is 1. The molecule has 0 unspecified atom stereocenters. The van der Waals surface area contributed by atoms with Gasteiger partial charge in [0.05, 0.1) is 12.0 Å². The van der Waals surface area contributed by atoms with Crippen LogP contribution in [0.25, 0.3) is 0 Å². The first-order valence-electron chi connectivity index (χ1n) is 5.95. The SMILES string of the molecule is CCCCOc1ccc(C(C)(C)C(=O)O)cc1. The third-order valence-corrected chi connectivity index (χ3v) is 2.88. The van der Waals surface area contributed by atoms with Crippen molar-refractivity contribution >= 4 is 5.97 Å². The maximum Gasteiger partial charge on any atom is 0.313 e. The van der Waals surface area contributed by atoms with Crippen molar-refractivity contribution in [3.63, 3.8) is 0 Å². The van der Waals surface area contributed by atoms with E-state index in [4.69, 9.17) is 9.84 Å². The highest BCUT2D eigenvalue weighted by Crippen LogP contribution is 2.25. The summed E-state index contributed by atoms with van der Waals surface area (Å²) in [5.74, 6) is -0.0273. The van der Waals surface area contributed by atoms with Crippen molar-refractivity contribution in [1.82, 2.24) is 0 Å². The van der Waals surface area contributed by atoms with Gasteiger partial charge in [0.25, 0.3) is 0 Å². The second-order valence-electron chi connectivity index (χ2n) is 4.66. The van der Waals surface area contributed by atoms with E-state index in [2.05, 4.69) is 6.92 Å². The van der Waals surface area contributed by atoms with E-state index in [9.17, 15) is 4.79 Å². The van der Waals surface area contributed by atoms with Gasteiger partial charge in [-0.15, -0.1) is 0 Å². The first-order chi connectivity index (χ1) is 7.98. The second kappa shape index (κ2) is 5.71. The normalized spacial score (nSPS) is 11.2. The van der Waals surface area contributed by atoms with Crippen LogP contribution in [0.2, 0.25) is 0 Å². The molecule has 0 aliphatic rings. The van der Waals surface area contributed by atoms with Crippen LogP contribution >= 0.6 is 0 Å². The summed E-state index contributed by atoms with van der Waals surface area (Å²) in [4.78, 5) is 11.1. The van der Waals surface area contributed by atoms with Crippen molar-refractivity contribution in [3.8, 4) is 5.75 Å². The van der Waals surface area contributed by atoms with E-state index in [1.54, 1.807) is 13.8 Å². The summed E-state index contributed by atoms with van der Waals surface area (Å²) in [5.41, 5.74) is -0.0741. The quantitative estimate of drug-likeness (QED) is 0.771. The molecule has 0 saturated carbocycles. The third kappa shape index (κ3) is 3.48. The van der Waals surface area contributed by atoms with Crippen LogP contribution in [0.4, 0.5) is 0 Å². The number of carboxylic acid groups (broad SMARTS) is 1. The van der Waals surface area contributed by atoms with E-state index in [0.717, 1.165) is 24.2 Å². The zero-order valence-corrected chi connectivity index (χ0v) is 10.7. The van der Waals surface area contributed by atoms with Crippen molar-refractivity contribution in [2.24, 2.45) is 0 Å². The average Bonchev–Trinajstić information content (AvgIpc) is 2.30. The predicted molar refractivity (Wildman–Crippen MR) is 67.5 cm³/mol. The van der Waals surface area contributed by atoms with E-state index in [1.807, 2.05) is 24.3 Å². The highest BCUT2D eigenvalue weighted by molar-refractivity contribution is 5.80. The Bertz CT molecular complexity index is 366. The third-order valence-electron chi connectivity index (χ3n) is 2.88. The van der Waals surface area contributed by atoms with Gasteiger partial charge in [-0.25, -0.2) is 0 Å². The summed E-state index contributed by atoms with van der Waals surface area (Å²) in [6.45, 7) is 6.21. The number of unbranched alkanes of at least 4 members (excludes halogenated alkanes) is 1. The maximum absolute atomic E-state index is 11.1. The largest absolute Gasteiger partial charge is 0.494 e. The van der Waals surface area contributed by atoms with Crippen LogP contribution in [0.5, 0.6) is 5.75 Å². The summed E-state index contributed by atoms with van der Waals surface area (Å²) in [6.07, 6.45) is 2.13. The minimum Gasteiger partial charge on any atom is -0.494 e. The Balaban J connectivity index is 2.71. The molecule has 1 N–H and O–H groups in total. The maximum atomic E-state index is 11.1. The number of hydrogen-bond acceptors (Lipinski definition) is 2. The lowest BCUT2D eigenvalue weighted by Gasteiger charge is -2.19. The lowest BCUT2D eigenvalue weighted by atomic mass is 9.85. The van der Waals surface area contributed by atoms with Crippen molar-refractivity contribution in [3.05, 3.63) is 29.8 Å². The van der Waals surface area contributed by atoms with E-state index in [1.165, 1.54) is 0 Å². The van der Waals surface area contributed by atoms with Crippen LogP contribution in [-0.4, -0.2) is 17.7 Å². The van der Waals surface area contributed by atoms with Crippen LogP contribution in [0, 0.1) is 0 Å². The zero-order valence-electron chi connectivity index (χ0n) is 10.7. The standard InChI is InChI=1S/C14H20O3/c1-4-5-10-17-12-8-6-11(7-9-12)14(2,3)13(15)16/h6-9H,4-5,10H2,1-3H3,(H,15,16). The molecule has 17 heavy (non-hydrogen) atoms. The van der Waals surface area contributed by atoms with Gasteiger partial charge < -0.3 is 9.84 Å². The lowest BCUT2D eigenvalue weighted by Crippen LogP contribution is -2.28. The number of hydrogen-bond donors (Lipinski definition) is 1. The molecule has 0 heterocycles. The molecule has 0 saturated heterocycles. The van der Waals surface area contributed by atoms with Crippen molar-refractivity contribution < 1.29 is 14.6 Å². The van der Waals surface area contributed by atoms with Crippen molar-refractivity contribution in [2.75, 3.05) is 6.61 Å². The molecule has 1 rings (SSSR count). The van der Waals surface area contributed by atoms with Crippen molar-refractivity contribution in [1.29, 1.82) is 0 Å². The molecule has 3 heteroatoms. The molecule has 0 aromatic heterocycles. The number of carboxylic acids is 1. The van der Waals surface area contributed by atoms with E-state index in [-0.39, 0.29) is 0 Å². The minimum absolute atomic E-state index is 0.707. The van der Waals surface area contributed by atoms with Crippen molar-refractivity contribution in [2.45, 2.75) is 39.0 Å². The van der Waals surface area contributed by atoms with E-state index < -0.39 is 11.4 Å². The van der Waals surface area contributed by atoms with Gasteiger partial charge in [-0.2, -0.15) is 0 Å². The summed E-state index contributed by atoms with van der Waals surface area (Å²) in [6, 6.07) is 7.29. The van der Waals surface area contributed by atoms with Crippen LogP contribution < -0.4 is 4.74 Å². The molecule has 0 radical (unpaired) electrons. The molecule has 1 aromatic rings. The Morgan fingerprint density at radius 3 is 2.35 bits per heavy atom. The van der Waals surface area contributed by atoms with Gasteiger partial charge in [0.1, 0.15) is 5.75 Å². The topological polar surface area (TPSA) is 46.5 Å². The van der Waals surface area contributed by atoms with Crippen LogP contribution in [0.3, 0.4) is 0 Å². The van der Waals surface area contributed by atoms with Crippen LogP contribution in [0.15, 0.2) is 24.3 Å². The van der Waals surface area contributed by atoms with E-state index >= 15 is 0 Å². The van der Waals surface area contributed by atoms with Gasteiger partial charge in [-0.1, -0.05) is 25.5 Å². The first kappa shape index (κ1) is 13.6. The Hall–Kier alpha value is -1.51. The fourth-order valence-corrected chi connectivity index (χ4v) is 1.43. The fraction of sp³-hybridized carbons (Fsp3) is 0.500. The molecule has 1 aromatic carbocycles. The summed E-state index contributed by atoms with van der Waals surface area (Å²) in [5, 5.41) is 9.11. The Morgan fingerprint density at radius 1 is 1.29 bits per heavy atom. The minimum atomic E-state index is -0.859. The van der Waals surface area contributed by atoms with Gasteiger partial charge in [-0.3, -0.25) is 4.79 Å². The second-order valence-corrected chi connectivity index (χ2v) is 4.66. The lowest BCUT2D eigenvalue weighted by molar-refractivity contribution is -0.142. The molecule has 3 nitrogen and oxygen atoms in total. The molecule has 0 amide bonds. The van der Waals surface area contributed by atoms with Gasteiger partial charge in [0.2, 0.25) is 0 Å². The summed E-state index contributed by atoms with van der Waals surface area (Å²) in [7, 11) is 0. The molecule has 0 aliphatic heterocycles. The van der Waals surface area contributed by atoms with Gasteiger partial charge in [0.15, 0.2) is 0 Å². The molecule has 0 bridgehead atoms. The highest BCUT2D eigenvalue weighted by Gasteiger charge is 2.29. The van der Waals surface area contributed by atoms with Crippen LogP contribution in [0.1, 0.15) is 39.2 Å². The van der Waals surface area contributed by atoms with E-state index in [0.29, 0.717) is 6.61 Å². The smallest absolute Gasteiger partial charge is 0.313 e. The van der Waals surface area contributed by atoms with Gasteiger partial charge in [0, 0.05) is 0 Å². The summed E-state index contributed by atoms with van der Waals surface area (Å²) >= 11 is 0. The molecule has 0 aliphatic carbocycles. The highest BCUT2D eigenvalue weighted by atomic mass is 16.5. The first-order valence-corrected chi connectivity index (χ1v) is 5.95. The predicted octanol–water partition coefficient (Wildman–Crippen LogP) is 3.23. The number of aliphatic carboxylic acids is 1. The number of rotatable bonds is 6. The number of carbonyl (C=O) groups is 1. The molecule has 94 valence electrons. The zero-order chi connectivity index (χ0) is 12.9. The fourth-order valence-electron chi connectivity index (χ4n) is 1.43. The number of benzene rings is 1. The molecular formula is C14H20O3. The summed E-state index contributed by atoms with van der Waals surface area (Å²) < 4.78 is 5.53. The van der Waals surface area contributed by atoms with Crippen LogP contribution in [-0.2, 0) is 10.2 Å². The molecule has 0 atom stereocenters. The van der Waals surface area contributed by atoms with Gasteiger partial charge >= 0.3 is 5.97 Å². The molecule has 0 fully saturated rings. The Labute approximate surface area is 102 Å². The Kier molecular flexibility index (Phi) is 4.55.